The van der Waals surface area contributed by atoms with E-state index in [1.807, 2.05) is 18.2 Å². The maximum atomic E-state index is 5.66. The molecule has 3 nitrogen and oxygen atoms in total. The first-order chi connectivity index (χ1) is 8.26. The van der Waals surface area contributed by atoms with Gasteiger partial charge in [0.15, 0.2) is 0 Å². The predicted octanol–water partition coefficient (Wildman–Crippen LogP) is 2.52. The molecule has 1 aromatic carbocycles. The van der Waals surface area contributed by atoms with Gasteiger partial charge in [-0.3, -0.25) is 4.98 Å². The molecule has 0 aliphatic heterocycles. The highest BCUT2D eigenvalue weighted by molar-refractivity contribution is 9.09. The van der Waals surface area contributed by atoms with Gasteiger partial charge in [-0.05, 0) is 12.1 Å². The third kappa shape index (κ3) is 2.70. The number of methoxy groups -OCH3 is 1. The molecule has 0 aliphatic carbocycles. The normalized spacial score (nSPS) is 10.5. The first-order valence-electron chi connectivity index (χ1n) is 5.17. The number of nitrogens with zero attached hydrogens (tertiary/aromatic N) is 1. The smallest absolute Gasteiger partial charge is 0.130 e. The number of hydrogen-bond donors (Lipinski definition) is 0. The molecule has 0 bridgehead atoms. The number of hydrogen-bond acceptors (Lipinski definition) is 3. The highest BCUT2D eigenvalue weighted by atomic mass is 79.9. The first-order valence-corrected chi connectivity index (χ1v) is 6.87. The fourth-order valence-electron chi connectivity index (χ4n) is 1.62. The second-order valence-corrected chi connectivity index (χ2v) is 4.87. The average Bonchev–Trinajstić information content (AvgIpc) is 2.35. The molecule has 0 aliphatic rings. The van der Waals surface area contributed by atoms with Crippen LogP contribution in [0.3, 0.4) is 0 Å². The monoisotopic (exact) mass is 313 g/mol. The van der Waals surface area contributed by atoms with Crippen LogP contribution in [-0.4, -0.2) is 24.0 Å². The van der Waals surface area contributed by atoms with Gasteiger partial charge < -0.3 is 9.47 Å². The van der Waals surface area contributed by atoms with Gasteiger partial charge in [0.1, 0.15) is 11.5 Å². The lowest BCUT2D eigenvalue weighted by Gasteiger charge is -2.10. The molecule has 2 aromatic rings. The summed E-state index contributed by atoms with van der Waals surface area (Å²) in [5.41, 5.74) is 0.875. The van der Waals surface area contributed by atoms with Crippen LogP contribution in [0.2, 0.25) is 0 Å². The lowest BCUT2D eigenvalue weighted by molar-refractivity contribution is 0.349. The van der Waals surface area contributed by atoms with Crippen LogP contribution in [0.15, 0.2) is 24.4 Å². The standard InChI is InChI=1S/C12H13BrNO2P/c1-15-11-7-9-8(6-12(11)17)10(2-4-14-9)16-5-3-13/h2,4,6-7H,3,5,17H2,1H3. The van der Waals surface area contributed by atoms with E-state index in [4.69, 9.17) is 9.47 Å². The molecular formula is C12H13BrNO2P. The number of benzene rings is 1. The summed E-state index contributed by atoms with van der Waals surface area (Å²) in [6.07, 6.45) is 1.74. The highest BCUT2D eigenvalue weighted by Gasteiger charge is 2.07. The van der Waals surface area contributed by atoms with E-state index in [1.54, 1.807) is 13.3 Å². The number of fused-ring (bicyclic) bond motifs is 1. The maximum Gasteiger partial charge on any atom is 0.130 e. The fourth-order valence-corrected chi connectivity index (χ4v) is 2.15. The number of halogens is 1. The van der Waals surface area contributed by atoms with Gasteiger partial charge in [0.05, 0.1) is 19.2 Å². The lowest BCUT2D eigenvalue weighted by atomic mass is 10.2. The number of alkyl halides is 1. The predicted molar refractivity (Wildman–Crippen MR) is 76.9 cm³/mol. The van der Waals surface area contributed by atoms with Gasteiger partial charge in [-0.2, -0.15) is 0 Å². The Bertz CT molecular complexity index is 533. The third-order valence-corrected chi connectivity index (χ3v) is 3.16. The van der Waals surface area contributed by atoms with Crippen molar-refractivity contribution in [2.75, 3.05) is 19.0 Å². The van der Waals surface area contributed by atoms with Crippen LogP contribution in [0, 0.1) is 0 Å². The Hall–Kier alpha value is -0.860. The largest absolute Gasteiger partial charge is 0.496 e. The molecule has 17 heavy (non-hydrogen) atoms. The Labute approximate surface area is 111 Å². The third-order valence-electron chi connectivity index (χ3n) is 2.39. The van der Waals surface area contributed by atoms with Gasteiger partial charge in [-0.1, -0.05) is 15.9 Å². The van der Waals surface area contributed by atoms with Crippen LogP contribution in [0.5, 0.6) is 11.5 Å². The van der Waals surface area contributed by atoms with Crippen molar-refractivity contribution in [3.8, 4) is 11.5 Å². The van der Waals surface area contributed by atoms with Crippen LogP contribution < -0.4 is 14.8 Å². The SMILES string of the molecule is COc1cc2nccc(OCCBr)c2cc1P. The minimum atomic E-state index is 0.636. The highest BCUT2D eigenvalue weighted by Crippen LogP contribution is 2.27. The van der Waals surface area contributed by atoms with E-state index in [-0.39, 0.29) is 0 Å². The summed E-state index contributed by atoms with van der Waals surface area (Å²) in [5, 5.41) is 2.80. The van der Waals surface area contributed by atoms with Crippen molar-refractivity contribution in [3.63, 3.8) is 0 Å². The van der Waals surface area contributed by atoms with E-state index in [9.17, 15) is 0 Å². The van der Waals surface area contributed by atoms with Crippen molar-refractivity contribution in [3.05, 3.63) is 24.4 Å². The lowest BCUT2D eigenvalue weighted by Crippen LogP contribution is -2.02. The Morgan fingerprint density at radius 2 is 2.18 bits per heavy atom. The summed E-state index contributed by atoms with van der Waals surface area (Å²) in [4.78, 5) is 4.32. The van der Waals surface area contributed by atoms with Gasteiger partial charge in [-0.15, -0.1) is 9.24 Å². The van der Waals surface area contributed by atoms with Gasteiger partial charge in [0.2, 0.25) is 0 Å². The van der Waals surface area contributed by atoms with E-state index in [0.717, 1.165) is 33.0 Å². The van der Waals surface area contributed by atoms with E-state index in [2.05, 4.69) is 30.2 Å². The Morgan fingerprint density at radius 1 is 1.35 bits per heavy atom. The van der Waals surface area contributed by atoms with Crippen molar-refractivity contribution in [1.29, 1.82) is 0 Å². The van der Waals surface area contributed by atoms with E-state index in [0.29, 0.717) is 6.61 Å². The van der Waals surface area contributed by atoms with Crippen LogP contribution in [-0.2, 0) is 0 Å². The minimum Gasteiger partial charge on any atom is -0.496 e. The minimum absolute atomic E-state index is 0.636. The molecule has 0 fully saturated rings. The molecule has 1 atom stereocenters. The summed E-state index contributed by atoms with van der Waals surface area (Å²) in [5.74, 6) is 1.66. The molecule has 1 aromatic heterocycles. The molecule has 0 spiro atoms. The van der Waals surface area contributed by atoms with Crippen LogP contribution in [0.25, 0.3) is 10.9 Å². The van der Waals surface area contributed by atoms with Crippen molar-refractivity contribution in [2.45, 2.75) is 0 Å². The van der Waals surface area contributed by atoms with Gasteiger partial charge in [0.25, 0.3) is 0 Å². The van der Waals surface area contributed by atoms with Gasteiger partial charge in [0, 0.05) is 28.3 Å². The summed E-state index contributed by atoms with van der Waals surface area (Å²) in [6.45, 7) is 0.636. The number of ether oxygens (including phenoxy) is 2. The molecule has 0 N–H and O–H groups in total. The van der Waals surface area contributed by atoms with Crippen LogP contribution >= 0.6 is 25.2 Å². The maximum absolute atomic E-state index is 5.66. The average molecular weight is 314 g/mol. The quantitative estimate of drug-likeness (QED) is 0.642. The molecule has 1 unspecified atom stereocenters. The topological polar surface area (TPSA) is 31.4 Å². The molecule has 0 saturated carbocycles. The molecule has 2 rings (SSSR count). The zero-order valence-corrected chi connectivity index (χ0v) is 12.2. The van der Waals surface area contributed by atoms with Crippen LogP contribution in [0.1, 0.15) is 0 Å². The van der Waals surface area contributed by atoms with E-state index < -0.39 is 0 Å². The molecule has 0 radical (unpaired) electrons. The molecule has 0 amide bonds. The summed E-state index contributed by atoms with van der Waals surface area (Å²) in [6, 6.07) is 5.80. The zero-order chi connectivity index (χ0) is 12.3. The molecule has 5 heteroatoms. The van der Waals surface area contributed by atoms with Crippen molar-refractivity contribution in [2.24, 2.45) is 0 Å². The van der Waals surface area contributed by atoms with Crippen molar-refractivity contribution >= 4 is 41.4 Å². The van der Waals surface area contributed by atoms with Crippen molar-refractivity contribution < 1.29 is 9.47 Å². The van der Waals surface area contributed by atoms with Crippen LogP contribution in [0.4, 0.5) is 0 Å². The zero-order valence-electron chi connectivity index (χ0n) is 9.44. The summed E-state index contributed by atoms with van der Waals surface area (Å²) >= 11 is 3.34. The molecule has 1 heterocycles. The van der Waals surface area contributed by atoms with E-state index >= 15 is 0 Å². The number of pyridine rings is 1. The number of aromatic nitrogens is 1. The fraction of sp³-hybridized carbons (Fsp3) is 0.250. The molecule has 0 saturated heterocycles. The Morgan fingerprint density at radius 3 is 2.88 bits per heavy atom. The first kappa shape index (κ1) is 12.6. The summed E-state index contributed by atoms with van der Waals surface area (Å²) < 4.78 is 10.9. The molecule has 90 valence electrons. The number of rotatable bonds is 4. The van der Waals surface area contributed by atoms with Gasteiger partial charge in [-0.25, -0.2) is 0 Å². The van der Waals surface area contributed by atoms with E-state index in [1.165, 1.54) is 0 Å². The Kier molecular flexibility index (Phi) is 4.19. The van der Waals surface area contributed by atoms with Gasteiger partial charge >= 0.3 is 0 Å². The van der Waals surface area contributed by atoms with Crippen molar-refractivity contribution in [1.82, 2.24) is 4.98 Å². The Balaban J connectivity index is 2.52. The molecular weight excluding hydrogens is 301 g/mol. The summed E-state index contributed by atoms with van der Waals surface area (Å²) in [7, 11) is 4.31. The second-order valence-electron chi connectivity index (χ2n) is 3.46. The second kappa shape index (κ2) is 5.65.